The summed E-state index contributed by atoms with van der Waals surface area (Å²) in [6.07, 6.45) is 11.0. The number of nitrogens with zero attached hydrogens (tertiary/aromatic N) is 3. The fourth-order valence-corrected chi connectivity index (χ4v) is 3.02. The molecule has 0 fully saturated rings. The number of hydrogen-bond acceptors (Lipinski definition) is 5. The average molecular weight is 292 g/mol. The van der Waals surface area contributed by atoms with Gasteiger partial charge in [0.05, 0.1) is 6.04 Å². The molecule has 2 aliphatic rings. The summed E-state index contributed by atoms with van der Waals surface area (Å²) in [4.78, 5) is 15.6. The van der Waals surface area contributed by atoms with Crippen LogP contribution in [0.5, 0.6) is 0 Å². The van der Waals surface area contributed by atoms with Crippen LogP contribution in [-0.2, 0) is 4.79 Å². The largest absolute Gasteiger partial charge is 0.477 e. The van der Waals surface area contributed by atoms with Crippen LogP contribution in [0.15, 0.2) is 29.1 Å². The van der Waals surface area contributed by atoms with Gasteiger partial charge in [-0.3, -0.25) is 0 Å². The van der Waals surface area contributed by atoms with Gasteiger partial charge in [-0.05, 0) is 37.5 Å². The third-order valence-corrected chi connectivity index (χ3v) is 4.22. The molecular weight excluding hydrogens is 276 g/mol. The Labute approximate surface area is 121 Å². The minimum Gasteiger partial charge on any atom is -0.477 e. The predicted octanol–water partition coefficient (Wildman–Crippen LogP) is 2.29. The fourth-order valence-electron chi connectivity index (χ4n) is 2.67. The van der Waals surface area contributed by atoms with E-state index in [1.807, 2.05) is 10.9 Å². The predicted molar refractivity (Wildman–Crippen MR) is 76.7 cm³/mol. The first-order chi connectivity index (χ1) is 9.69. The van der Waals surface area contributed by atoms with E-state index < -0.39 is 5.97 Å². The van der Waals surface area contributed by atoms with Crippen molar-refractivity contribution in [1.82, 2.24) is 14.8 Å². The second-order valence-corrected chi connectivity index (χ2v) is 5.69. The number of aromatic nitrogens is 3. The Morgan fingerprint density at radius 2 is 2.40 bits per heavy atom. The zero-order valence-corrected chi connectivity index (χ0v) is 11.9. The molecule has 0 bridgehead atoms. The number of aliphatic carboxylic acids is 1. The monoisotopic (exact) mass is 292 g/mol. The van der Waals surface area contributed by atoms with Crippen LogP contribution in [0.1, 0.15) is 25.3 Å². The first-order valence-electron chi connectivity index (χ1n) is 6.56. The lowest BCUT2D eigenvalue weighted by molar-refractivity contribution is -0.132. The van der Waals surface area contributed by atoms with Crippen LogP contribution in [0.3, 0.4) is 0 Å². The van der Waals surface area contributed by atoms with Crippen LogP contribution >= 0.6 is 11.8 Å². The Kier molecular flexibility index (Phi) is 3.52. The molecule has 1 aliphatic carbocycles. The van der Waals surface area contributed by atoms with Gasteiger partial charge in [-0.25, -0.2) is 9.48 Å². The SMILES string of the molecule is CSc1nc2n(n1)[C@@H]([C@H]1CC=CCC1)C=C(C(=O)O)N2. The maximum atomic E-state index is 11.3. The second-order valence-electron chi connectivity index (χ2n) is 4.91. The Hall–Kier alpha value is -1.76. The minimum absolute atomic E-state index is 0.0456. The molecular formula is C13H16N4O2S. The third kappa shape index (κ3) is 2.33. The van der Waals surface area contributed by atoms with Crippen molar-refractivity contribution < 1.29 is 9.90 Å². The molecule has 2 heterocycles. The van der Waals surface area contributed by atoms with Gasteiger partial charge in [0.25, 0.3) is 0 Å². The molecule has 2 atom stereocenters. The van der Waals surface area contributed by atoms with Crippen molar-refractivity contribution in [2.45, 2.75) is 30.5 Å². The number of carbonyl (C=O) groups is 1. The minimum atomic E-state index is -0.957. The number of allylic oxidation sites excluding steroid dienone is 3. The Balaban J connectivity index is 1.99. The molecule has 0 aromatic carbocycles. The van der Waals surface area contributed by atoms with Crippen LogP contribution < -0.4 is 5.32 Å². The van der Waals surface area contributed by atoms with E-state index in [4.69, 9.17) is 0 Å². The van der Waals surface area contributed by atoms with E-state index >= 15 is 0 Å². The van der Waals surface area contributed by atoms with E-state index in [1.54, 1.807) is 6.08 Å². The van der Waals surface area contributed by atoms with E-state index in [2.05, 4.69) is 27.6 Å². The molecule has 1 aromatic heterocycles. The van der Waals surface area contributed by atoms with Crippen molar-refractivity contribution in [3.63, 3.8) is 0 Å². The first kappa shape index (κ1) is 13.2. The zero-order valence-electron chi connectivity index (χ0n) is 11.1. The molecule has 0 radical (unpaired) electrons. The molecule has 0 saturated carbocycles. The number of anilines is 1. The quantitative estimate of drug-likeness (QED) is 0.657. The molecule has 7 heteroatoms. The van der Waals surface area contributed by atoms with Gasteiger partial charge in [0.2, 0.25) is 11.1 Å². The highest BCUT2D eigenvalue weighted by Gasteiger charge is 2.31. The Bertz CT molecular complexity index is 593. The number of thioether (sulfide) groups is 1. The molecule has 6 nitrogen and oxygen atoms in total. The average Bonchev–Trinajstić information content (AvgIpc) is 2.90. The van der Waals surface area contributed by atoms with Crippen LogP contribution in [0.4, 0.5) is 5.95 Å². The maximum absolute atomic E-state index is 11.3. The van der Waals surface area contributed by atoms with Crippen molar-refractivity contribution in [2.75, 3.05) is 11.6 Å². The summed E-state index contributed by atoms with van der Waals surface area (Å²) in [5.41, 5.74) is 0.192. The Morgan fingerprint density at radius 3 is 3.05 bits per heavy atom. The molecule has 0 spiro atoms. The molecule has 1 aromatic rings. The summed E-state index contributed by atoms with van der Waals surface area (Å²) in [6, 6.07) is -0.0456. The van der Waals surface area contributed by atoms with Gasteiger partial charge in [-0.2, -0.15) is 4.98 Å². The van der Waals surface area contributed by atoms with Crippen molar-refractivity contribution in [3.8, 4) is 0 Å². The maximum Gasteiger partial charge on any atom is 0.352 e. The van der Waals surface area contributed by atoms with Gasteiger partial charge in [0.15, 0.2) is 0 Å². The van der Waals surface area contributed by atoms with Crippen molar-refractivity contribution >= 4 is 23.7 Å². The number of rotatable bonds is 3. The van der Waals surface area contributed by atoms with Gasteiger partial charge in [-0.15, -0.1) is 5.10 Å². The normalized spacial score (nSPS) is 24.8. The molecule has 1 aliphatic heterocycles. The van der Waals surface area contributed by atoms with Gasteiger partial charge < -0.3 is 10.4 Å². The molecule has 106 valence electrons. The highest BCUT2D eigenvalue weighted by molar-refractivity contribution is 7.98. The van der Waals surface area contributed by atoms with E-state index in [0.717, 1.165) is 19.3 Å². The number of hydrogen-bond donors (Lipinski definition) is 2. The molecule has 0 saturated heterocycles. The van der Waals surface area contributed by atoms with Gasteiger partial charge in [0, 0.05) is 0 Å². The summed E-state index contributed by atoms with van der Waals surface area (Å²) in [5.74, 6) is -0.0679. The van der Waals surface area contributed by atoms with Crippen LogP contribution in [0, 0.1) is 5.92 Å². The Morgan fingerprint density at radius 1 is 1.55 bits per heavy atom. The fraction of sp³-hybridized carbons (Fsp3) is 0.462. The van der Waals surface area contributed by atoms with E-state index in [9.17, 15) is 9.90 Å². The lowest BCUT2D eigenvalue weighted by Crippen LogP contribution is -2.28. The summed E-state index contributed by atoms with van der Waals surface area (Å²) < 4.78 is 1.82. The van der Waals surface area contributed by atoms with E-state index in [0.29, 0.717) is 17.0 Å². The highest BCUT2D eigenvalue weighted by atomic mass is 32.2. The smallest absolute Gasteiger partial charge is 0.352 e. The zero-order chi connectivity index (χ0) is 14.1. The molecule has 2 N–H and O–H groups in total. The molecule has 20 heavy (non-hydrogen) atoms. The summed E-state index contributed by atoms with van der Waals surface area (Å²) in [5, 5.41) is 17.2. The highest BCUT2D eigenvalue weighted by Crippen LogP contribution is 2.36. The van der Waals surface area contributed by atoms with Gasteiger partial charge >= 0.3 is 5.97 Å². The van der Waals surface area contributed by atoms with Crippen molar-refractivity contribution in [1.29, 1.82) is 0 Å². The molecule has 3 rings (SSSR count). The van der Waals surface area contributed by atoms with Crippen molar-refractivity contribution in [2.24, 2.45) is 5.92 Å². The van der Waals surface area contributed by atoms with Gasteiger partial charge in [-0.1, -0.05) is 23.9 Å². The second kappa shape index (κ2) is 5.32. The van der Waals surface area contributed by atoms with Crippen LogP contribution in [0.2, 0.25) is 0 Å². The molecule has 0 unspecified atom stereocenters. The van der Waals surface area contributed by atoms with Crippen LogP contribution in [0.25, 0.3) is 0 Å². The third-order valence-electron chi connectivity index (χ3n) is 3.68. The molecule has 0 amide bonds. The number of nitrogens with one attached hydrogen (secondary N) is 1. The number of carboxylic acid groups (broad SMARTS) is 1. The topological polar surface area (TPSA) is 80.0 Å². The first-order valence-corrected chi connectivity index (χ1v) is 7.79. The lowest BCUT2D eigenvalue weighted by atomic mass is 9.87. The standard InChI is InChI=1S/C13H16N4O2S/c1-20-13-15-12-14-9(11(18)19)7-10(17(12)16-13)8-5-3-2-4-6-8/h2-3,7-8,10H,4-6H2,1H3,(H,18,19)(H,14,15,16)/t8-,10+/m0/s1. The summed E-state index contributed by atoms with van der Waals surface area (Å²) in [7, 11) is 0. The lowest BCUT2D eigenvalue weighted by Gasteiger charge is -2.29. The van der Waals surface area contributed by atoms with Crippen molar-refractivity contribution in [3.05, 3.63) is 23.9 Å². The summed E-state index contributed by atoms with van der Waals surface area (Å²) in [6.45, 7) is 0. The number of carboxylic acids is 1. The van der Waals surface area contributed by atoms with E-state index in [-0.39, 0.29) is 11.7 Å². The number of fused-ring (bicyclic) bond motifs is 1. The van der Waals surface area contributed by atoms with E-state index in [1.165, 1.54) is 11.8 Å². The summed E-state index contributed by atoms with van der Waals surface area (Å²) >= 11 is 1.45. The van der Waals surface area contributed by atoms with Crippen LogP contribution in [-0.4, -0.2) is 32.1 Å². The van der Waals surface area contributed by atoms with Gasteiger partial charge in [0.1, 0.15) is 5.70 Å².